The second-order valence-corrected chi connectivity index (χ2v) is 3.91. The molecule has 0 aliphatic heterocycles. The van der Waals surface area contributed by atoms with Crippen LogP contribution in [0.4, 0.5) is 0 Å². The topological polar surface area (TPSA) is 50.1 Å². The molecule has 0 bridgehead atoms. The Morgan fingerprint density at radius 2 is 2.43 bits per heavy atom. The summed E-state index contributed by atoms with van der Waals surface area (Å²) in [6, 6.07) is 0. The number of aliphatic hydroxyl groups is 1. The van der Waals surface area contributed by atoms with E-state index in [9.17, 15) is 0 Å². The first kappa shape index (κ1) is 9.68. The molecular formula is C10H17N3O. The van der Waals surface area contributed by atoms with Crippen molar-refractivity contribution < 1.29 is 5.11 Å². The zero-order chi connectivity index (χ0) is 9.80. The number of aromatic nitrogens is 2. The number of nitrogens with zero attached hydrogens (tertiary/aromatic N) is 2. The lowest BCUT2D eigenvalue weighted by atomic mass is 10.3. The van der Waals surface area contributed by atoms with E-state index in [-0.39, 0.29) is 6.61 Å². The molecule has 1 heterocycles. The fourth-order valence-electron chi connectivity index (χ4n) is 1.47. The van der Waals surface area contributed by atoms with Gasteiger partial charge in [0.2, 0.25) is 0 Å². The Kier molecular flexibility index (Phi) is 3.16. The van der Waals surface area contributed by atoms with Gasteiger partial charge in [0.25, 0.3) is 0 Å². The predicted molar refractivity (Wildman–Crippen MR) is 53.7 cm³/mol. The van der Waals surface area contributed by atoms with Crippen LogP contribution in [-0.2, 0) is 13.1 Å². The van der Waals surface area contributed by atoms with E-state index in [1.54, 1.807) is 4.68 Å². The number of hydrogen-bond donors (Lipinski definition) is 2. The maximum atomic E-state index is 8.71. The molecule has 1 aliphatic rings. The summed E-state index contributed by atoms with van der Waals surface area (Å²) in [5, 5.41) is 16.2. The molecule has 1 fully saturated rings. The molecule has 0 unspecified atom stereocenters. The molecule has 14 heavy (non-hydrogen) atoms. The maximum absolute atomic E-state index is 8.71. The van der Waals surface area contributed by atoms with Crippen molar-refractivity contribution in [2.45, 2.75) is 25.9 Å². The largest absolute Gasteiger partial charge is 0.394 e. The van der Waals surface area contributed by atoms with Gasteiger partial charge in [-0.1, -0.05) is 0 Å². The molecule has 0 saturated heterocycles. The van der Waals surface area contributed by atoms with Crippen molar-refractivity contribution >= 4 is 0 Å². The van der Waals surface area contributed by atoms with Gasteiger partial charge in [0.15, 0.2) is 0 Å². The third-order valence-corrected chi connectivity index (χ3v) is 2.47. The van der Waals surface area contributed by atoms with Gasteiger partial charge < -0.3 is 10.4 Å². The molecular weight excluding hydrogens is 178 g/mol. The van der Waals surface area contributed by atoms with Crippen molar-refractivity contribution in [2.24, 2.45) is 5.92 Å². The van der Waals surface area contributed by atoms with E-state index in [0.29, 0.717) is 6.54 Å². The van der Waals surface area contributed by atoms with E-state index in [1.165, 1.54) is 18.4 Å². The minimum absolute atomic E-state index is 0.149. The molecule has 0 atom stereocenters. The highest BCUT2D eigenvalue weighted by Crippen LogP contribution is 2.27. The normalized spacial score (nSPS) is 16.1. The van der Waals surface area contributed by atoms with Crippen LogP contribution in [0.1, 0.15) is 18.4 Å². The Morgan fingerprint density at radius 3 is 3.14 bits per heavy atom. The fraction of sp³-hybridized carbons (Fsp3) is 0.700. The molecule has 0 radical (unpaired) electrons. The second-order valence-electron chi connectivity index (χ2n) is 3.91. The highest BCUT2D eigenvalue weighted by Gasteiger charge is 2.20. The molecule has 0 aromatic carbocycles. The lowest BCUT2D eigenvalue weighted by molar-refractivity contribution is 0.269. The van der Waals surface area contributed by atoms with Gasteiger partial charge >= 0.3 is 0 Å². The van der Waals surface area contributed by atoms with Crippen LogP contribution in [0.15, 0.2) is 12.4 Å². The van der Waals surface area contributed by atoms with E-state index in [4.69, 9.17) is 5.11 Å². The van der Waals surface area contributed by atoms with Crippen LogP contribution in [0.3, 0.4) is 0 Å². The van der Waals surface area contributed by atoms with E-state index in [1.807, 2.05) is 12.4 Å². The van der Waals surface area contributed by atoms with E-state index < -0.39 is 0 Å². The SMILES string of the molecule is OCCn1cc(CNCC2CC2)cn1. The maximum Gasteiger partial charge on any atom is 0.0640 e. The lowest BCUT2D eigenvalue weighted by Crippen LogP contribution is -2.15. The summed E-state index contributed by atoms with van der Waals surface area (Å²) in [5.41, 5.74) is 1.19. The smallest absolute Gasteiger partial charge is 0.0640 e. The zero-order valence-corrected chi connectivity index (χ0v) is 8.32. The molecule has 2 rings (SSSR count). The molecule has 0 amide bonds. The van der Waals surface area contributed by atoms with Crippen molar-refractivity contribution in [3.63, 3.8) is 0 Å². The van der Waals surface area contributed by atoms with Crippen LogP contribution in [-0.4, -0.2) is 28.0 Å². The first-order valence-electron chi connectivity index (χ1n) is 5.21. The summed E-state index contributed by atoms with van der Waals surface area (Å²) in [4.78, 5) is 0. The van der Waals surface area contributed by atoms with Crippen LogP contribution < -0.4 is 5.32 Å². The molecule has 78 valence electrons. The van der Waals surface area contributed by atoms with Crippen LogP contribution in [0.2, 0.25) is 0 Å². The van der Waals surface area contributed by atoms with Gasteiger partial charge in [-0.25, -0.2) is 0 Å². The zero-order valence-electron chi connectivity index (χ0n) is 8.32. The van der Waals surface area contributed by atoms with Gasteiger partial charge in [-0.15, -0.1) is 0 Å². The minimum atomic E-state index is 0.149. The monoisotopic (exact) mass is 195 g/mol. The van der Waals surface area contributed by atoms with Crippen LogP contribution in [0.25, 0.3) is 0 Å². The molecule has 1 saturated carbocycles. The van der Waals surface area contributed by atoms with E-state index >= 15 is 0 Å². The van der Waals surface area contributed by atoms with Gasteiger partial charge in [-0.2, -0.15) is 5.10 Å². The Morgan fingerprint density at radius 1 is 1.57 bits per heavy atom. The summed E-state index contributed by atoms with van der Waals surface area (Å²) >= 11 is 0. The lowest BCUT2D eigenvalue weighted by Gasteiger charge is -1.99. The summed E-state index contributed by atoms with van der Waals surface area (Å²) in [7, 11) is 0. The molecule has 0 spiro atoms. The quantitative estimate of drug-likeness (QED) is 0.689. The van der Waals surface area contributed by atoms with Gasteiger partial charge in [-0.3, -0.25) is 4.68 Å². The van der Waals surface area contributed by atoms with Gasteiger partial charge in [0, 0.05) is 18.3 Å². The summed E-state index contributed by atoms with van der Waals surface area (Å²) in [6.45, 7) is 2.76. The molecule has 1 aliphatic carbocycles. The highest BCUT2D eigenvalue weighted by atomic mass is 16.3. The molecule has 1 aromatic rings. The summed E-state index contributed by atoms with van der Waals surface area (Å²) in [5.74, 6) is 0.919. The number of hydrogen-bond acceptors (Lipinski definition) is 3. The Bertz CT molecular complexity index is 281. The molecule has 1 aromatic heterocycles. The van der Waals surface area contributed by atoms with Gasteiger partial charge in [0.05, 0.1) is 19.3 Å². The number of rotatable bonds is 6. The van der Waals surface area contributed by atoms with Crippen LogP contribution in [0, 0.1) is 5.92 Å². The van der Waals surface area contributed by atoms with E-state index in [2.05, 4.69) is 10.4 Å². The Balaban J connectivity index is 1.71. The van der Waals surface area contributed by atoms with Crippen molar-refractivity contribution in [3.05, 3.63) is 18.0 Å². The molecule has 4 nitrogen and oxygen atoms in total. The van der Waals surface area contributed by atoms with Crippen molar-refractivity contribution in [3.8, 4) is 0 Å². The first-order chi connectivity index (χ1) is 6.88. The van der Waals surface area contributed by atoms with Gasteiger partial charge in [-0.05, 0) is 25.3 Å². The standard InChI is InChI=1S/C10H17N3O/c14-4-3-13-8-10(7-12-13)6-11-5-9-1-2-9/h7-9,11,14H,1-6H2. The van der Waals surface area contributed by atoms with Crippen molar-refractivity contribution in [1.29, 1.82) is 0 Å². The number of aliphatic hydroxyl groups excluding tert-OH is 1. The van der Waals surface area contributed by atoms with Crippen LogP contribution >= 0.6 is 0 Å². The average molecular weight is 195 g/mol. The third kappa shape index (κ3) is 2.82. The third-order valence-electron chi connectivity index (χ3n) is 2.47. The number of nitrogens with one attached hydrogen (secondary N) is 1. The Hall–Kier alpha value is -0.870. The second kappa shape index (κ2) is 4.57. The molecule has 4 heteroatoms. The molecule has 2 N–H and O–H groups in total. The van der Waals surface area contributed by atoms with Crippen LogP contribution in [0.5, 0.6) is 0 Å². The van der Waals surface area contributed by atoms with Crippen molar-refractivity contribution in [1.82, 2.24) is 15.1 Å². The predicted octanol–water partition coefficient (Wildman–Crippen LogP) is 0.375. The summed E-state index contributed by atoms with van der Waals surface area (Å²) in [6.07, 6.45) is 6.61. The van der Waals surface area contributed by atoms with Crippen molar-refractivity contribution in [2.75, 3.05) is 13.2 Å². The highest BCUT2D eigenvalue weighted by molar-refractivity contribution is 5.03. The van der Waals surface area contributed by atoms with E-state index in [0.717, 1.165) is 19.0 Å². The first-order valence-corrected chi connectivity index (χ1v) is 5.21. The minimum Gasteiger partial charge on any atom is -0.394 e. The summed E-state index contributed by atoms with van der Waals surface area (Å²) < 4.78 is 1.77. The van der Waals surface area contributed by atoms with Gasteiger partial charge in [0.1, 0.15) is 0 Å². The fourth-order valence-corrected chi connectivity index (χ4v) is 1.47. The Labute approximate surface area is 83.9 Å². The average Bonchev–Trinajstić information content (AvgIpc) is 2.88.